The van der Waals surface area contributed by atoms with Crippen LogP contribution in [-0.2, 0) is 0 Å². The molecule has 1 aliphatic heterocycles. The highest BCUT2D eigenvalue weighted by Crippen LogP contribution is 2.37. The second kappa shape index (κ2) is 5.11. The first-order valence-corrected chi connectivity index (χ1v) is 7.28. The van der Waals surface area contributed by atoms with Gasteiger partial charge in [-0.15, -0.1) is 0 Å². The van der Waals surface area contributed by atoms with Gasteiger partial charge < -0.3 is 15.1 Å². The Morgan fingerprint density at radius 3 is 2.68 bits per heavy atom. The number of hydrogen-bond acceptors (Lipinski definition) is 6. The van der Waals surface area contributed by atoms with E-state index >= 15 is 0 Å². The minimum Gasteiger partial charge on any atom is -0.492 e. The summed E-state index contributed by atoms with van der Waals surface area (Å²) in [6.07, 6.45) is 2.84. The number of piperidine rings is 1. The number of aromatic hydroxyl groups is 1. The Morgan fingerprint density at radius 1 is 1.36 bits per heavy atom. The van der Waals surface area contributed by atoms with Gasteiger partial charge in [-0.2, -0.15) is 5.26 Å². The molecule has 22 heavy (non-hydrogen) atoms. The second-order valence-electron chi connectivity index (χ2n) is 6.10. The third-order valence-electron chi connectivity index (χ3n) is 4.23. The van der Waals surface area contributed by atoms with E-state index in [1.165, 1.54) is 0 Å². The van der Waals surface area contributed by atoms with Gasteiger partial charge in [0.05, 0.1) is 23.0 Å². The van der Waals surface area contributed by atoms with E-state index in [1.54, 1.807) is 6.20 Å². The van der Waals surface area contributed by atoms with Crippen LogP contribution in [0.3, 0.4) is 0 Å². The van der Waals surface area contributed by atoms with E-state index in [1.807, 2.05) is 24.8 Å². The van der Waals surface area contributed by atoms with Crippen molar-refractivity contribution < 1.29 is 10.2 Å². The van der Waals surface area contributed by atoms with Crippen molar-refractivity contribution in [2.45, 2.75) is 32.3 Å². The molecule has 0 atom stereocenters. The predicted octanol–water partition coefficient (Wildman–Crippen LogP) is 1.87. The van der Waals surface area contributed by atoms with Gasteiger partial charge in [0, 0.05) is 24.2 Å². The summed E-state index contributed by atoms with van der Waals surface area (Å²) in [6, 6.07) is 3.94. The van der Waals surface area contributed by atoms with E-state index in [4.69, 9.17) is 0 Å². The molecule has 0 amide bonds. The third kappa shape index (κ3) is 2.44. The molecule has 0 saturated carbocycles. The molecule has 0 aromatic carbocycles. The lowest BCUT2D eigenvalue weighted by molar-refractivity contribution is 0.0352. The normalized spacial score (nSPS) is 17.5. The van der Waals surface area contributed by atoms with Crippen molar-refractivity contribution in [2.24, 2.45) is 0 Å². The van der Waals surface area contributed by atoms with Crippen molar-refractivity contribution in [3.63, 3.8) is 0 Å². The van der Waals surface area contributed by atoms with Crippen LogP contribution in [0.1, 0.15) is 31.0 Å². The summed E-state index contributed by atoms with van der Waals surface area (Å²) in [6.45, 7) is 4.96. The Hall–Kier alpha value is -2.39. The van der Waals surface area contributed by atoms with E-state index in [2.05, 4.69) is 16.0 Å². The summed E-state index contributed by atoms with van der Waals surface area (Å²) < 4.78 is 0. The number of fused-ring (bicyclic) bond motifs is 1. The van der Waals surface area contributed by atoms with Crippen LogP contribution >= 0.6 is 0 Å². The quantitative estimate of drug-likeness (QED) is 0.834. The number of pyridine rings is 2. The summed E-state index contributed by atoms with van der Waals surface area (Å²) >= 11 is 0. The molecule has 1 aliphatic rings. The van der Waals surface area contributed by atoms with E-state index < -0.39 is 5.60 Å². The first kappa shape index (κ1) is 14.5. The number of nitrogens with zero attached hydrogens (tertiary/aromatic N) is 4. The van der Waals surface area contributed by atoms with Crippen LogP contribution in [0.2, 0.25) is 0 Å². The van der Waals surface area contributed by atoms with Crippen molar-refractivity contribution >= 4 is 16.6 Å². The molecule has 2 aromatic heterocycles. The summed E-state index contributed by atoms with van der Waals surface area (Å²) in [4.78, 5) is 10.3. The Morgan fingerprint density at radius 2 is 2.05 bits per heavy atom. The van der Waals surface area contributed by atoms with Gasteiger partial charge in [-0.1, -0.05) is 0 Å². The van der Waals surface area contributed by atoms with Gasteiger partial charge in [0.1, 0.15) is 11.6 Å². The van der Waals surface area contributed by atoms with Gasteiger partial charge in [-0.25, -0.2) is 4.98 Å². The molecule has 1 fully saturated rings. The van der Waals surface area contributed by atoms with Crippen molar-refractivity contribution in [1.82, 2.24) is 9.97 Å². The molecule has 0 radical (unpaired) electrons. The summed E-state index contributed by atoms with van der Waals surface area (Å²) in [7, 11) is 0. The maximum absolute atomic E-state index is 10.1. The molecule has 6 heteroatoms. The lowest BCUT2D eigenvalue weighted by Crippen LogP contribution is -2.42. The van der Waals surface area contributed by atoms with Crippen LogP contribution in [0.25, 0.3) is 10.9 Å². The van der Waals surface area contributed by atoms with Crippen LogP contribution in [0, 0.1) is 18.3 Å². The number of rotatable bonds is 1. The molecule has 114 valence electrons. The Balaban J connectivity index is 2.18. The van der Waals surface area contributed by atoms with Gasteiger partial charge in [0.25, 0.3) is 0 Å². The minimum absolute atomic E-state index is 0.180. The maximum Gasteiger partial charge on any atom is 0.232 e. The Labute approximate surface area is 128 Å². The zero-order valence-electron chi connectivity index (χ0n) is 12.7. The second-order valence-corrected chi connectivity index (χ2v) is 6.10. The molecule has 6 nitrogen and oxygen atoms in total. The monoisotopic (exact) mass is 298 g/mol. The highest BCUT2D eigenvalue weighted by atomic mass is 16.3. The Kier molecular flexibility index (Phi) is 3.38. The van der Waals surface area contributed by atoms with Crippen LogP contribution in [0.15, 0.2) is 12.3 Å². The lowest BCUT2D eigenvalue weighted by atomic mass is 9.93. The lowest BCUT2D eigenvalue weighted by Gasteiger charge is -2.37. The van der Waals surface area contributed by atoms with Gasteiger partial charge in [-0.05, 0) is 32.8 Å². The molecule has 1 saturated heterocycles. The number of aromatic nitrogens is 2. The minimum atomic E-state index is -0.675. The number of hydrogen-bond donors (Lipinski definition) is 2. The molecule has 0 aliphatic carbocycles. The molecular formula is C16H18N4O2. The fourth-order valence-electron chi connectivity index (χ4n) is 2.89. The Bertz CT molecular complexity index is 770. The number of nitriles is 1. The summed E-state index contributed by atoms with van der Waals surface area (Å²) in [5.41, 5.74) is 1.58. The average Bonchev–Trinajstić information content (AvgIpc) is 2.47. The van der Waals surface area contributed by atoms with Crippen molar-refractivity contribution in [1.29, 1.82) is 5.26 Å². The third-order valence-corrected chi connectivity index (χ3v) is 4.23. The van der Waals surface area contributed by atoms with Crippen molar-refractivity contribution in [3.8, 4) is 11.9 Å². The van der Waals surface area contributed by atoms with E-state index in [9.17, 15) is 15.5 Å². The largest absolute Gasteiger partial charge is 0.492 e. The SMILES string of the molecule is Cc1cc2c(N3CCC(C)(O)CC3)c(C#N)c(O)nc2cn1. The molecule has 3 rings (SSSR count). The number of anilines is 1. The average molecular weight is 298 g/mol. The highest BCUT2D eigenvalue weighted by Gasteiger charge is 2.30. The molecule has 2 N–H and O–H groups in total. The van der Waals surface area contributed by atoms with Gasteiger partial charge in [-0.3, -0.25) is 4.98 Å². The number of aryl methyl sites for hydroxylation is 1. The van der Waals surface area contributed by atoms with Crippen LogP contribution < -0.4 is 4.90 Å². The molecule has 0 bridgehead atoms. The first-order valence-electron chi connectivity index (χ1n) is 7.28. The van der Waals surface area contributed by atoms with E-state index in [-0.39, 0.29) is 11.4 Å². The smallest absolute Gasteiger partial charge is 0.232 e. The van der Waals surface area contributed by atoms with E-state index in [0.717, 1.165) is 11.1 Å². The van der Waals surface area contributed by atoms with Gasteiger partial charge in [0.2, 0.25) is 5.88 Å². The van der Waals surface area contributed by atoms with Gasteiger partial charge in [0.15, 0.2) is 0 Å². The topological polar surface area (TPSA) is 93.3 Å². The maximum atomic E-state index is 10.1. The summed E-state index contributed by atoms with van der Waals surface area (Å²) in [5.74, 6) is -0.270. The first-order chi connectivity index (χ1) is 10.4. The molecule has 0 spiro atoms. The fraction of sp³-hybridized carbons (Fsp3) is 0.438. The predicted molar refractivity (Wildman–Crippen MR) is 82.7 cm³/mol. The standard InChI is InChI=1S/C16H18N4O2/c1-10-7-11-13(9-18-10)19-15(21)12(8-17)14(11)20-5-3-16(2,22)4-6-20/h7,9,22H,3-6H2,1-2H3,(H,19,21). The fourth-order valence-corrected chi connectivity index (χ4v) is 2.89. The van der Waals surface area contributed by atoms with Gasteiger partial charge >= 0.3 is 0 Å². The van der Waals surface area contributed by atoms with E-state index in [0.29, 0.717) is 37.1 Å². The highest BCUT2D eigenvalue weighted by molar-refractivity contribution is 5.95. The van der Waals surface area contributed by atoms with Crippen LogP contribution in [0.4, 0.5) is 5.69 Å². The summed E-state index contributed by atoms with van der Waals surface area (Å²) in [5, 5.41) is 30.4. The molecule has 3 heterocycles. The number of aliphatic hydroxyl groups is 1. The van der Waals surface area contributed by atoms with Crippen LogP contribution in [-0.4, -0.2) is 38.9 Å². The molecule has 2 aromatic rings. The zero-order valence-corrected chi connectivity index (χ0v) is 12.7. The van der Waals surface area contributed by atoms with Crippen molar-refractivity contribution in [3.05, 3.63) is 23.5 Å². The van der Waals surface area contributed by atoms with Crippen LogP contribution in [0.5, 0.6) is 5.88 Å². The van der Waals surface area contributed by atoms with Crippen molar-refractivity contribution in [2.75, 3.05) is 18.0 Å². The molecular weight excluding hydrogens is 280 g/mol. The zero-order chi connectivity index (χ0) is 15.9. The molecule has 0 unspecified atom stereocenters.